The van der Waals surface area contributed by atoms with Gasteiger partial charge in [-0.15, -0.1) is 0 Å². The number of nitrogens with zero attached hydrogens (tertiary/aromatic N) is 1. The Kier molecular flexibility index (Phi) is 7.63. The highest BCUT2D eigenvalue weighted by molar-refractivity contribution is 5.92. The molecule has 3 atom stereocenters. The second kappa shape index (κ2) is 9.21. The summed E-state index contributed by atoms with van der Waals surface area (Å²) in [7, 11) is 0. The average Bonchev–Trinajstić information content (AvgIpc) is 3.05. The zero-order chi connectivity index (χ0) is 18.3. The molecule has 0 aliphatic carbocycles. The monoisotopic (exact) mass is 342 g/mol. The highest BCUT2D eigenvalue weighted by Crippen LogP contribution is 2.18. The molecule has 1 saturated heterocycles. The first kappa shape index (κ1) is 19.9. The molecule has 3 unspecified atom stereocenters. The Morgan fingerprint density at radius 3 is 2.54 bits per heavy atom. The normalized spacial score (nSPS) is 19.5. The van der Waals surface area contributed by atoms with Crippen LogP contribution in [0.2, 0.25) is 0 Å². The van der Waals surface area contributed by atoms with Crippen molar-refractivity contribution >= 4 is 23.7 Å². The molecule has 1 fully saturated rings. The van der Waals surface area contributed by atoms with Crippen molar-refractivity contribution in [2.75, 3.05) is 19.6 Å². The molecule has 9 heteroatoms. The molecule has 0 aromatic rings. The lowest BCUT2D eigenvalue weighted by Crippen LogP contribution is -2.54. The maximum absolute atomic E-state index is 12.4. The smallest absolute Gasteiger partial charge is 0.326 e. The van der Waals surface area contributed by atoms with Gasteiger partial charge in [0.25, 0.3) is 0 Å². The first-order valence-corrected chi connectivity index (χ1v) is 8.11. The van der Waals surface area contributed by atoms with Gasteiger partial charge in [0, 0.05) is 6.54 Å². The highest BCUT2D eigenvalue weighted by Gasteiger charge is 2.36. The van der Waals surface area contributed by atoms with E-state index in [9.17, 15) is 24.3 Å². The number of rotatable bonds is 8. The fourth-order valence-electron chi connectivity index (χ4n) is 2.62. The molecule has 136 valence electrons. The fraction of sp³-hybridized carbons (Fsp3) is 0.733. The van der Waals surface area contributed by atoms with E-state index in [0.717, 1.165) is 0 Å². The van der Waals surface area contributed by atoms with Crippen LogP contribution in [0.25, 0.3) is 0 Å². The van der Waals surface area contributed by atoms with Crippen molar-refractivity contribution in [1.82, 2.24) is 15.5 Å². The Labute approximate surface area is 140 Å². The number of hydrogen-bond donors (Lipinski definition) is 4. The average molecular weight is 342 g/mol. The van der Waals surface area contributed by atoms with Crippen LogP contribution in [0, 0.1) is 5.92 Å². The Hall–Kier alpha value is -2.16. The van der Waals surface area contributed by atoms with Crippen LogP contribution >= 0.6 is 0 Å². The van der Waals surface area contributed by atoms with Crippen LogP contribution in [0.15, 0.2) is 0 Å². The summed E-state index contributed by atoms with van der Waals surface area (Å²) in [5, 5.41) is 14.2. The molecular weight excluding hydrogens is 316 g/mol. The van der Waals surface area contributed by atoms with Crippen molar-refractivity contribution in [3.8, 4) is 0 Å². The summed E-state index contributed by atoms with van der Waals surface area (Å²) in [5.41, 5.74) is 5.16. The van der Waals surface area contributed by atoms with Gasteiger partial charge in [-0.1, -0.05) is 20.3 Å². The maximum atomic E-state index is 12.4. The van der Waals surface area contributed by atoms with Crippen molar-refractivity contribution in [2.45, 2.75) is 45.2 Å². The molecule has 0 aromatic carbocycles. The molecule has 1 heterocycles. The summed E-state index contributed by atoms with van der Waals surface area (Å²) in [6, 6.07) is -1.70. The molecule has 3 amide bonds. The summed E-state index contributed by atoms with van der Waals surface area (Å²) >= 11 is 0. The second-order valence-corrected chi connectivity index (χ2v) is 5.94. The van der Waals surface area contributed by atoms with Gasteiger partial charge in [0.1, 0.15) is 12.1 Å². The number of nitrogens with one attached hydrogen (secondary N) is 2. The molecule has 0 bridgehead atoms. The van der Waals surface area contributed by atoms with E-state index in [1.165, 1.54) is 4.90 Å². The lowest BCUT2D eigenvalue weighted by atomic mass is 9.99. The minimum Gasteiger partial charge on any atom is -0.480 e. The van der Waals surface area contributed by atoms with Crippen molar-refractivity contribution < 1.29 is 24.3 Å². The SMILES string of the molecule is CCC(C)C(NC(=O)C1CCCN1C(=O)CNC(=O)CN)C(=O)O. The number of carbonyl (C=O) groups excluding carboxylic acids is 3. The maximum Gasteiger partial charge on any atom is 0.326 e. The van der Waals surface area contributed by atoms with Crippen molar-refractivity contribution in [1.29, 1.82) is 0 Å². The van der Waals surface area contributed by atoms with Gasteiger partial charge in [-0.25, -0.2) is 4.79 Å². The van der Waals surface area contributed by atoms with Crippen LogP contribution in [0.1, 0.15) is 33.1 Å². The first-order valence-electron chi connectivity index (χ1n) is 8.11. The first-order chi connectivity index (χ1) is 11.3. The van der Waals surface area contributed by atoms with E-state index in [2.05, 4.69) is 10.6 Å². The van der Waals surface area contributed by atoms with Gasteiger partial charge in [0.2, 0.25) is 17.7 Å². The zero-order valence-corrected chi connectivity index (χ0v) is 14.1. The predicted molar refractivity (Wildman–Crippen MR) is 85.8 cm³/mol. The second-order valence-electron chi connectivity index (χ2n) is 5.94. The summed E-state index contributed by atoms with van der Waals surface area (Å²) in [6.45, 7) is 3.55. The van der Waals surface area contributed by atoms with E-state index in [1.807, 2.05) is 6.92 Å². The topological polar surface area (TPSA) is 142 Å². The predicted octanol–water partition coefficient (Wildman–Crippen LogP) is -1.33. The third-order valence-electron chi connectivity index (χ3n) is 4.27. The van der Waals surface area contributed by atoms with Gasteiger partial charge in [0.05, 0.1) is 13.1 Å². The number of likely N-dealkylation sites (tertiary alicyclic amines) is 1. The molecule has 24 heavy (non-hydrogen) atoms. The molecule has 1 rings (SSSR count). The van der Waals surface area contributed by atoms with E-state index < -0.39 is 29.9 Å². The fourth-order valence-corrected chi connectivity index (χ4v) is 2.62. The van der Waals surface area contributed by atoms with E-state index in [0.29, 0.717) is 25.8 Å². The van der Waals surface area contributed by atoms with Crippen molar-refractivity contribution in [3.05, 3.63) is 0 Å². The largest absolute Gasteiger partial charge is 0.480 e. The van der Waals surface area contributed by atoms with E-state index in [1.54, 1.807) is 6.92 Å². The highest BCUT2D eigenvalue weighted by atomic mass is 16.4. The minimum atomic E-state index is -1.09. The third kappa shape index (κ3) is 5.19. The Morgan fingerprint density at radius 2 is 2.00 bits per heavy atom. The van der Waals surface area contributed by atoms with Crippen LogP contribution in [0.5, 0.6) is 0 Å². The minimum absolute atomic E-state index is 0.216. The van der Waals surface area contributed by atoms with Crippen LogP contribution in [-0.2, 0) is 19.2 Å². The van der Waals surface area contributed by atoms with Gasteiger partial charge >= 0.3 is 5.97 Å². The molecule has 0 aromatic heterocycles. The quantitative estimate of drug-likeness (QED) is 0.430. The summed E-state index contributed by atoms with van der Waals surface area (Å²) in [6.07, 6.45) is 1.72. The molecular formula is C15H26N4O5. The Bertz CT molecular complexity index is 496. The van der Waals surface area contributed by atoms with Gasteiger partial charge in [-0.05, 0) is 18.8 Å². The summed E-state index contributed by atoms with van der Waals surface area (Å²) < 4.78 is 0. The number of amides is 3. The third-order valence-corrected chi connectivity index (χ3v) is 4.27. The molecule has 1 aliphatic rings. The Balaban J connectivity index is 2.69. The molecule has 9 nitrogen and oxygen atoms in total. The van der Waals surface area contributed by atoms with Crippen molar-refractivity contribution in [3.63, 3.8) is 0 Å². The van der Waals surface area contributed by atoms with Gasteiger partial charge < -0.3 is 26.4 Å². The van der Waals surface area contributed by atoms with Gasteiger partial charge in [-0.3, -0.25) is 14.4 Å². The lowest BCUT2D eigenvalue weighted by Gasteiger charge is -2.27. The van der Waals surface area contributed by atoms with Crippen LogP contribution < -0.4 is 16.4 Å². The van der Waals surface area contributed by atoms with E-state index in [-0.39, 0.29) is 24.9 Å². The molecule has 0 radical (unpaired) electrons. The number of aliphatic carboxylic acids is 1. The van der Waals surface area contributed by atoms with E-state index in [4.69, 9.17) is 5.73 Å². The van der Waals surface area contributed by atoms with E-state index >= 15 is 0 Å². The van der Waals surface area contributed by atoms with Gasteiger partial charge in [0.15, 0.2) is 0 Å². The van der Waals surface area contributed by atoms with Crippen LogP contribution in [0.4, 0.5) is 0 Å². The number of nitrogens with two attached hydrogens (primary N) is 1. The standard InChI is InChI=1S/C15H26N4O5/c1-3-9(2)13(15(23)24)18-14(22)10-5-4-6-19(10)12(21)8-17-11(20)7-16/h9-10,13H,3-8,16H2,1-2H3,(H,17,20)(H,18,22)(H,23,24). The van der Waals surface area contributed by atoms with Gasteiger partial charge in [-0.2, -0.15) is 0 Å². The summed E-state index contributed by atoms with van der Waals surface area (Å²) in [5.74, 6) is -2.63. The van der Waals surface area contributed by atoms with Crippen molar-refractivity contribution in [2.24, 2.45) is 11.7 Å². The molecule has 5 N–H and O–H groups in total. The molecule has 0 spiro atoms. The van der Waals surface area contributed by atoms with Crippen LogP contribution in [0.3, 0.4) is 0 Å². The number of hydrogen-bond acceptors (Lipinski definition) is 5. The Morgan fingerprint density at radius 1 is 1.33 bits per heavy atom. The lowest BCUT2D eigenvalue weighted by molar-refractivity contribution is -0.145. The number of carboxylic acid groups (broad SMARTS) is 1. The van der Waals surface area contributed by atoms with Crippen LogP contribution in [-0.4, -0.2) is 65.4 Å². The zero-order valence-electron chi connectivity index (χ0n) is 14.1. The molecule has 1 aliphatic heterocycles. The molecule has 0 saturated carbocycles. The number of carbonyl (C=O) groups is 4. The number of carboxylic acids is 1. The summed E-state index contributed by atoms with van der Waals surface area (Å²) in [4.78, 5) is 48.4.